The standard InChI is InChI=1S/C18H24N4O5S/c1-11-3-4-14-16(19-11)21-18(27-14)22-7-5-12(6-8-22)17(23)20-13-9-28(24,25)10-15(13)26-2/h3-4,12-13,15H,5-10H2,1-2H3,(H,20,23)/t13-,15-/m1/s1. The second-order valence-corrected chi connectivity index (χ2v) is 9.65. The van der Waals surface area contributed by atoms with E-state index in [1.807, 2.05) is 24.0 Å². The van der Waals surface area contributed by atoms with Gasteiger partial charge in [0.25, 0.3) is 6.01 Å². The molecule has 0 bridgehead atoms. The van der Waals surface area contributed by atoms with Crippen LogP contribution in [0.1, 0.15) is 18.5 Å². The third-order valence-corrected chi connectivity index (χ3v) is 7.15. The van der Waals surface area contributed by atoms with E-state index in [9.17, 15) is 13.2 Å². The van der Waals surface area contributed by atoms with Crippen molar-refractivity contribution >= 4 is 33.0 Å². The summed E-state index contributed by atoms with van der Waals surface area (Å²) in [5.41, 5.74) is 2.11. The number of carbonyl (C=O) groups is 1. The predicted octanol–water partition coefficient (Wildman–Crippen LogP) is 0.676. The lowest BCUT2D eigenvalue weighted by atomic mass is 9.95. The van der Waals surface area contributed by atoms with Crippen molar-refractivity contribution in [2.75, 3.05) is 36.6 Å². The van der Waals surface area contributed by atoms with E-state index in [-0.39, 0.29) is 23.3 Å². The Kier molecular flexibility index (Phi) is 5.00. The van der Waals surface area contributed by atoms with Crippen molar-refractivity contribution in [3.8, 4) is 0 Å². The number of sulfone groups is 1. The van der Waals surface area contributed by atoms with Crippen LogP contribution in [0, 0.1) is 12.8 Å². The minimum atomic E-state index is -3.17. The summed E-state index contributed by atoms with van der Waals surface area (Å²) >= 11 is 0. The number of amides is 1. The van der Waals surface area contributed by atoms with Crippen LogP contribution in [0.15, 0.2) is 16.5 Å². The van der Waals surface area contributed by atoms with Gasteiger partial charge in [0.05, 0.1) is 23.7 Å². The summed E-state index contributed by atoms with van der Waals surface area (Å²) in [4.78, 5) is 23.4. The molecule has 28 heavy (non-hydrogen) atoms. The van der Waals surface area contributed by atoms with E-state index in [1.54, 1.807) is 0 Å². The number of aromatic nitrogens is 2. The molecule has 4 rings (SSSR count). The van der Waals surface area contributed by atoms with Gasteiger partial charge in [-0.25, -0.2) is 13.4 Å². The number of nitrogens with one attached hydrogen (secondary N) is 1. The van der Waals surface area contributed by atoms with Gasteiger partial charge in [0.2, 0.25) is 11.6 Å². The van der Waals surface area contributed by atoms with Crippen molar-refractivity contribution < 1.29 is 22.4 Å². The second-order valence-electron chi connectivity index (χ2n) is 7.50. The number of methoxy groups -OCH3 is 1. The Hall–Kier alpha value is -2.20. The van der Waals surface area contributed by atoms with Gasteiger partial charge in [0.1, 0.15) is 0 Å². The highest BCUT2D eigenvalue weighted by atomic mass is 32.2. The molecule has 0 aliphatic carbocycles. The molecule has 0 spiro atoms. The lowest BCUT2D eigenvalue weighted by molar-refractivity contribution is -0.126. The Bertz CT molecular complexity index is 981. The molecular weight excluding hydrogens is 384 g/mol. The Morgan fingerprint density at radius 2 is 2.00 bits per heavy atom. The average molecular weight is 408 g/mol. The van der Waals surface area contributed by atoms with Crippen LogP contribution in [0.3, 0.4) is 0 Å². The van der Waals surface area contributed by atoms with Crippen molar-refractivity contribution in [2.24, 2.45) is 5.92 Å². The van der Waals surface area contributed by atoms with Crippen molar-refractivity contribution in [1.82, 2.24) is 15.3 Å². The largest absolute Gasteiger partial charge is 0.422 e. The number of nitrogens with zero attached hydrogens (tertiary/aromatic N) is 3. The highest BCUT2D eigenvalue weighted by Crippen LogP contribution is 2.26. The molecule has 152 valence electrons. The summed E-state index contributed by atoms with van der Waals surface area (Å²) < 4.78 is 34.6. The number of rotatable bonds is 4. The second kappa shape index (κ2) is 7.32. The number of ether oxygens (including phenoxy) is 1. The average Bonchev–Trinajstić information content (AvgIpc) is 3.21. The molecule has 1 amide bonds. The number of aryl methyl sites for hydroxylation is 1. The molecule has 9 nitrogen and oxygen atoms in total. The maximum Gasteiger partial charge on any atom is 0.299 e. The van der Waals surface area contributed by atoms with Gasteiger partial charge in [0.15, 0.2) is 15.4 Å². The van der Waals surface area contributed by atoms with Gasteiger partial charge in [-0.05, 0) is 31.9 Å². The molecule has 10 heteroatoms. The monoisotopic (exact) mass is 408 g/mol. The Balaban J connectivity index is 1.36. The molecule has 2 aromatic heterocycles. The van der Waals surface area contributed by atoms with Crippen molar-refractivity contribution in [1.29, 1.82) is 0 Å². The normalized spacial score (nSPS) is 25.3. The fourth-order valence-electron chi connectivity index (χ4n) is 3.85. The van der Waals surface area contributed by atoms with Gasteiger partial charge in [-0.15, -0.1) is 0 Å². The molecule has 2 aliphatic rings. The molecule has 0 saturated carbocycles. The van der Waals surface area contributed by atoms with Crippen LogP contribution in [-0.2, 0) is 19.4 Å². The van der Waals surface area contributed by atoms with Gasteiger partial charge in [-0.2, -0.15) is 4.98 Å². The SMILES string of the molecule is CO[C@@H]1CS(=O)(=O)C[C@H]1NC(=O)C1CCN(c2nc3nc(C)ccc3o2)CC1. The third-order valence-electron chi connectivity index (χ3n) is 5.45. The zero-order chi connectivity index (χ0) is 19.9. The maximum atomic E-state index is 12.6. The number of fused-ring (bicyclic) bond motifs is 1. The van der Waals surface area contributed by atoms with E-state index in [0.717, 1.165) is 5.69 Å². The first kappa shape index (κ1) is 19.1. The fourth-order valence-corrected chi connectivity index (χ4v) is 5.70. The van der Waals surface area contributed by atoms with Crippen LogP contribution < -0.4 is 10.2 Å². The quantitative estimate of drug-likeness (QED) is 0.785. The minimum Gasteiger partial charge on any atom is -0.422 e. The molecule has 0 aromatic carbocycles. The molecule has 2 aromatic rings. The summed E-state index contributed by atoms with van der Waals surface area (Å²) in [5.74, 6) is -0.385. The molecule has 0 unspecified atom stereocenters. The number of piperidine rings is 1. The van der Waals surface area contributed by atoms with E-state index in [0.29, 0.717) is 43.2 Å². The van der Waals surface area contributed by atoms with Crippen LogP contribution in [0.4, 0.5) is 6.01 Å². The molecule has 1 N–H and O–H groups in total. The van der Waals surface area contributed by atoms with Gasteiger partial charge in [-0.1, -0.05) is 0 Å². The highest BCUT2D eigenvalue weighted by Gasteiger charge is 2.40. The molecule has 2 fully saturated rings. The Morgan fingerprint density at radius 1 is 1.25 bits per heavy atom. The zero-order valence-corrected chi connectivity index (χ0v) is 16.7. The molecule has 4 heterocycles. The molecule has 2 atom stereocenters. The van der Waals surface area contributed by atoms with E-state index < -0.39 is 22.0 Å². The molecule has 2 saturated heterocycles. The smallest absolute Gasteiger partial charge is 0.299 e. The van der Waals surface area contributed by atoms with E-state index in [2.05, 4.69) is 15.3 Å². The van der Waals surface area contributed by atoms with Crippen LogP contribution in [0.25, 0.3) is 11.2 Å². The first-order valence-corrected chi connectivity index (χ1v) is 11.2. The number of carbonyl (C=O) groups excluding carboxylic acids is 1. The number of anilines is 1. The summed E-state index contributed by atoms with van der Waals surface area (Å²) in [6, 6.07) is 3.78. The number of pyridine rings is 1. The Labute approximate surface area is 163 Å². The lowest BCUT2D eigenvalue weighted by Gasteiger charge is -2.31. The number of oxazole rings is 1. The topological polar surface area (TPSA) is 115 Å². The Morgan fingerprint density at radius 3 is 2.71 bits per heavy atom. The van der Waals surface area contributed by atoms with E-state index >= 15 is 0 Å². The third kappa shape index (κ3) is 3.83. The van der Waals surface area contributed by atoms with Gasteiger partial charge >= 0.3 is 0 Å². The first-order valence-electron chi connectivity index (χ1n) is 9.37. The number of hydrogen-bond acceptors (Lipinski definition) is 8. The summed E-state index contributed by atoms with van der Waals surface area (Å²) in [6.07, 6.45) is 0.812. The lowest BCUT2D eigenvalue weighted by Crippen LogP contribution is -2.48. The van der Waals surface area contributed by atoms with Gasteiger partial charge in [-0.3, -0.25) is 4.79 Å². The predicted molar refractivity (Wildman–Crippen MR) is 103 cm³/mol. The van der Waals surface area contributed by atoms with Gasteiger partial charge < -0.3 is 19.4 Å². The summed E-state index contributed by atoms with van der Waals surface area (Å²) in [7, 11) is -1.70. The summed E-state index contributed by atoms with van der Waals surface area (Å²) in [5, 5.41) is 2.88. The first-order chi connectivity index (χ1) is 13.3. The number of hydrogen-bond donors (Lipinski definition) is 1. The van der Waals surface area contributed by atoms with Gasteiger partial charge in [0, 0.05) is 31.8 Å². The summed E-state index contributed by atoms with van der Waals surface area (Å²) in [6.45, 7) is 3.18. The minimum absolute atomic E-state index is 0.0435. The van der Waals surface area contributed by atoms with Crippen molar-refractivity contribution in [2.45, 2.75) is 31.9 Å². The van der Waals surface area contributed by atoms with Crippen LogP contribution >= 0.6 is 0 Å². The highest BCUT2D eigenvalue weighted by molar-refractivity contribution is 7.91. The van der Waals surface area contributed by atoms with Crippen LogP contribution in [0.2, 0.25) is 0 Å². The van der Waals surface area contributed by atoms with Crippen LogP contribution in [-0.4, -0.2) is 68.1 Å². The van der Waals surface area contributed by atoms with Crippen molar-refractivity contribution in [3.63, 3.8) is 0 Å². The van der Waals surface area contributed by atoms with Crippen LogP contribution in [0.5, 0.6) is 0 Å². The molecular formula is C18H24N4O5S. The van der Waals surface area contributed by atoms with Crippen molar-refractivity contribution in [3.05, 3.63) is 17.8 Å². The molecule has 2 aliphatic heterocycles. The maximum absolute atomic E-state index is 12.6. The van der Waals surface area contributed by atoms with E-state index in [4.69, 9.17) is 9.15 Å². The van der Waals surface area contributed by atoms with E-state index in [1.165, 1.54) is 7.11 Å². The fraction of sp³-hybridized carbons (Fsp3) is 0.611. The zero-order valence-electron chi connectivity index (χ0n) is 15.9. The molecule has 0 radical (unpaired) electrons.